The lowest BCUT2D eigenvalue weighted by Gasteiger charge is -2.10. The number of aryl methyl sites for hydroxylation is 2. The zero-order valence-electron chi connectivity index (χ0n) is 24.4. The SMILES string of the molecule is CCCCCCCOc1ccc(CCc2ccc(OC(=O)c3ccc(OCCCCCCC)c(F)c3F)cn2)cc1. The Hall–Kier alpha value is -3.48. The molecule has 1 aromatic heterocycles. The molecule has 3 aromatic rings. The Bertz CT molecular complexity index is 1180. The van der Waals surface area contributed by atoms with E-state index in [0.717, 1.165) is 63.0 Å². The molecule has 0 N–H and O–H groups in total. The number of unbranched alkanes of at least 4 members (excludes halogenated alkanes) is 8. The smallest absolute Gasteiger partial charge is 0.346 e. The largest absolute Gasteiger partial charge is 0.494 e. The minimum absolute atomic E-state index is 0.155. The minimum Gasteiger partial charge on any atom is -0.494 e. The van der Waals surface area contributed by atoms with E-state index >= 15 is 0 Å². The second kappa shape index (κ2) is 18.1. The summed E-state index contributed by atoms with van der Waals surface area (Å²) in [6, 6.07) is 13.9. The van der Waals surface area contributed by atoms with E-state index in [-0.39, 0.29) is 11.5 Å². The molecule has 3 rings (SSSR count). The number of hydrogen-bond donors (Lipinski definition) is 0. The van der Waals surface area contributed by atoms with Crippen molar-refractivity contribution in [2.45, 2.75) is 90.9 Å². The van der Waals surface area contributed by atoms with Gasteiger partial charge in [-0.3, -0.25) is 4.98 Å². The van der Waals surface area contributed by atoms with Gasteiger partial charge in [0.05, 0.1) is 25.0 Å². The zero-order chi connectivity index (χ0) is 29.3. The van der Waals surface area contributed by atoms with Crippen molar-refractivity contribution in [2.75, 3.05) is 13.2 Å². The van der Waals surface area contributed by atoms with E-state index in [9.17, 15) is 13.6 Å². The number of ether oxygens (including phenoxy) is 3. The number of carbonyl (C=O) groups excluding carboxylic acids is 1. The Morgan fingerprint density at radius 1 is 0.683 bits per heavy atom. The summed E-state index contributed by atoms with van der Waals surface area (Å²) in [6.07, 6.45) is 14.0. The fraction of sp³-hybridized carbons (Fsp3) is 0.471. The van der Waals surface area contributed by atoms with E-state index in [0.29, 0.717) is 13.0 Å². The number of carbonyl (C=O) groups is 1. The first-order valence-electron chi connectivity index (χ1n) is 15.0. The van der Waals surface area contributed by atoms with Crippen LogP contribution in [-0.2, 0) is 12.8 Å². The third-order valence-corrected chi connectivity index (χ3v) is 6.89. The van der Waals surface area contributed by atoms with Crippen LogP contribution in [0, 0.1) is 11.6 Å². The summed E-state index contributed by atoms with van der Waals surface area (Å²) >= 11 is 0. The summed E-state index contributed by atoms with van der Waals surface area (Å²) in [7, 11) is 0. The number of rotatable bonds is 19. The summed E-state index contributed by atoms with van der Waals surface area (Å²) in [4.78, 5) is 16.9. The van der Waals surface area contributed by atoms with Gasteiger partial charge in [-0.2, -0.15) is 4.39 Å². The second-order valence-corrected chi connectivity index (χ2v) is 10.3. The zero-order valence-corrected chi connectivity index (χ0v) is 24.4. The summed E-state index contributed by atoms with van der Waals surface area (Å²) in [5.41, 5.74) is 1.50. The molecule has 222 valence electrons. The number of aromatic nitrogens is 1. The van der Waals surface area contributed by atoms with E-state index in [2.05, 4.69) is 31.0 Å². The van der Waals surface area contributed by atoms with Gasteiger partial charge in [0.25, 0.3) is 0 Å². The Kier molecular flexibility index (Phi) is 14.1. The van der Waals surface area contributed by atoms with Gasteiger partial charge in [-0.25, -0.2) is 9.18 Å². The van der Waals surface area contributed by atoms with Crippen LogP contribution in [0.5, 0.6) is 17.2 Å². The van der Waals surface area contributed by atoms with Gasteiger partial charge in [0.2, 0.25) is 5.82 Å². The third-order valence-electron chi connectivity index (χ3n) is 6.89. The number of halogens is 2. The second-order valence-electron chi connectivity index (χ2n) is 10.3. The maximum absolute atomic E-state index is 14.6. The molecule has 0 fully saturated rings. The molecule has 7 heteroatoms. The standard InChI is InChI=1S/C34H43F2NO4/c1-3-5-7-9-11-23-39-28-18-14-26(15-19-28)13-16-27-17-20-29(25-37-27)41-34(38)30-21-22-31(33(36)32(30)35)40-24-12-10-8-6-4-2/h14-15,17-22,25H,3-13,16,23-24H2,1-2H3. The molecule has 0 radical (unpaired) electrons. The van der Waals surface area contributed by atoms with E-state index in [4.69, 9.17) is 14.2 Å². The average Bonchev–Trinajstić information content (AvgIpc) is 2.99. The molecule has 0 atom stereocenters. The lowest BCUT2D eigenvalue weighted by Crippen LogP contribution is -2.13. The monoisotopic (exact) mass is 567 g/mol. The number of pyridine rings is 1. The van der Waals surface area contributed by atoms with E-state index < -0.39 is 23.2 Å². The van der Waals surface area contributed by atoms with Gasteiger partial charge in [0.15, 0.2) is 11.6 Å². The fourth-order valence-electron chi connectivity index (χ4n) is 4.39. The highest BCUT2D eigenvalue weighted by atomic mass is 19.2. The van der Waals surface area contributed by atoms with Crippen molar-refractivity contribution >= 4 is 5.97 Å². The van der Waals surface area contributed by atoms with Crippen LogP contribution >= 0.6 is 0 Å². The van der Waals surface area contributed by atoms with Gasteiger partial charge >= 0.3 is 5.97 Å². The predicted octanol–water partition coefficient (Wildman–Crippen LogP) is 9.06. The molecule has 2 aromatic carbocycles. The van der Waals surface area contributed by atoms with Gasteiger partial charge in [-0.1, -0.05) is 77.3 Å². The van der Waals surface area contributed by atoms with Crippen LogP contribution < -0.4 is 14.2 Å². The Morgan fingerprint density at radius 2 is 1.32 bits per heavy atom. The third kappa shape index (κ3) is 11.1. The Morgan fingerprint density at radius 3 is 1.95 bits per heavy atom. The van der Waals surface area contributed by atoms with Crippen LogP contribution in [0.25, 0.3) is 0 Å². The van der Waals surface area contributed by atoms with Crippen LogP contribution in [0.4, 0.5) is 8.78 Å². The van der Waals surface area contributed by atoms with Crippen LogP contribution in [0.3, 0.4) is 0 Å². The van der Waals surface area contributed by atoms with Gasteiger partial charge in [0.1, 0.15) is 11.5 Å². The molecule has 0 aliphatic carbocycles. The molecule has 0 saturated carbocycles. The predicted molar refractivity (Wildman–Crippen MR) is 158 cm³/mol. The van der Waals surface area contributed by atoms with E-state index in [1.54, 1.807) is 12.1 Å². The molecule has 0 amide bonds. The van der Waals surface area contributed by atoms with Crippen LogP contribution in [0.15, 0.2) is 54.7 Å². The molecular formula is C34H43F2NO4. The molecule has 5 nitrogen and oxygen atoms in total. The maximum Gasteiger partial charge on any atom is 0.346 e. The summed E-state index contributed by atoms with van der Waals surface area (Å²) < 4.78 is 45.5. The first-order valence-corrected chi connectivity index (χ1v) is 15.0. The number of hydrogen-bond acceptors (Lipinski definition) is 5. The first-order chi connectivity index (χ1) is 20.0. The molecule has 0 saturated heterocycles. The molecule has 1 heterocycles. The fourth-order valence-corrected chi connectivity index (χ4v) is 4.39. The highest BCUT2D eigenvalue weighted by molar-refractivity contribution is 5.91. The minimum atomic E-state index is -1.29. The lowest BCUT2D eigenvalue weighted by molar-refractivity contribution is 0.0727. The highest BCUT2D eigenvalue weighted by Gasteiger charge is 2.21. The summed E-state index contributed by atoms with van der Waals surface area (Å²) in [5.74, 6) is -2.65. The van der Waals surface area contributed by atoms with Crippen molar-refractivity contribution in [3.63, 3.8) is 0 Å². The quantitative estimate of drug-likeness (QED) is 0.107. The summed E-state index contributed by atoms with van der Waals surface area (Å²) in [5, 5.41) is 0. The van der Waals surface area contributed by atoms with Gasteiger partial charge < -0.3 is 14.2 Å². The van der Waals surface area contributed by atoms with Crippen LogP contribution in [0.2, 0.25) is 0 Å². The van der Waals surface area contributed by atoms with Crippen molar-refractivity contribution < 1.29 is 27.8 Å². The number of esters is 1. The molecule has 0 bridgehead atoms. The number of nitrogens with zero attached hydrogens (tertiary/aromatic N) is 1. The Labute approximate surface area is 243 Å². The van der Waals surface area contributed by atoms with E-state index in [1.165, 1.54) is 49.6 Å². The van der Waals surface area contributed by atoms with Crippen LogP contribution in [0.1, 0.15) is 99.7 Å². The summed E-state index contributed by atoms with van der Waals surface area (Å²) in [6.45, 7) is 5.37. The lowest BCUT2D eigenvalue weighted by atomic mass is 10.1. The van der Waals surface area contributed by atoms with Gasteiger partial charge in [0, 0.05) is 5.69 Å². The molecule has 0 aliphatic rings. The molecule has 0 aliphatic heterocycles. The first kappa shape index (κ1) is 32.0. The van der Waals surface area contributed by atoms with Crippen molar-refractivity contribution in [1.82, 2.24) is 4.98 Å². The molecular weight excluding hydrogens is 524 g/mol. The molecule has 0 spiro atoms. The maximum atomic E-state index is 14.6. The van der Waals surface area contributed by atoms with Crippen LogP contribution in [-0.4, -0.2) is 24.2 Å². The normalized spacial score (nSPS) is 10.9. The average molecular weight is 568 g/mol. The van der Waals surface area contributed by atoms with Crippen molar-refractivity contribution in [3.05, 3.63) is 83.2 Å². The molecule has 41 heavy (non-hydrogen) atoms. The Balaban J connectivity index is 1.43. The van der Waals surface area contributed by atoms with Gasteiger partial charge in [-0.05, 0) is 67.6 Å². The van der Waals surface area contributed by atoms with Crippen molar-refractivity contribution in [3.8, 4) is 17.2 Å². The highest BCUT2D eigenvalue weighted by Crippen LogP contribution is 2.24. The van der Waals surface area contributed by atoms with Crippen molar-refractivity contribution in [1.29, 1.82) is 0 Å². The molecule has 0 unspecified atom stereocenters. The van der Waals surface area contributed by atoms with Gasteiger partial charge in [-0.15, -0.1) is 0 Å². The topological polar surface area (TPSA) is 57.7 Å². The number of benzene rings is 2. The van der Waals surface area contributed by atoms with E-state index in [1.807, 2.05) is 12.1 Å². The van der Waals surface area contributed by atoms with Crippen molar-refractivity contribution in [2.24, 2.45) is 0 Å².